The van der Waals surface area contributed by atoms with Gasteiger partial charge in [-0.1, -0.05) is 12.1 Å². The highest BCUT2D eigenvalue weighted by Crippen LogP contribution is 2.17. The maximum Gasteiger partial charge on any atom is 0.0719 e. The summed E-state index contributed by atoms with van der Waals surface area (Å²) in [5.41, 5.74) is 11.0. The van der Waals surface area contributed by atoms with Gasteiger partial charge in [0, 0.05) is 26.2 Å². The largest absolute Gasteiger partial charge is 0.397 e. The van der Waals surface area contributed by atoms with Gasteiger partial charge in [-0.05, 0) is 19.2 Å². The number of nitrogens with two attached hydrogens (primary N) is 1. The summed E-state index contributed by atoms with van der Waals surface area (Å²) in [6.07, 6.45) is 0. The van der Waals surface area contributed by atoms with E-state index in [1.165, 1.54) is 0 Å². The molecule has 0 spiro atoms. The Morgan fingerprint density at radius 3 is 2.47 bits per heavy atom. The average Bonchev–Trinajstić information content (AvgIpc) is 2.25. The second-order valence-corrected chi connectivity index (χ2v) is 3.99. The maximum absolute atomic E-state index is 5.87. The van der Waals surface area contributed by atoms with Gasteiger partial charge in [0.2, 0.25) is 0 Å². The van der Waals surface area contributed by atoms with Gasteiger partial charge < -0.3 is 16.1 Å². The first-order valence-electron chi connectivity index (χ1n) is 5.30. The Balaban J connectivity index is 1.95. The standard InChI is InChI=1S/C11H18N4/c1-14-6-8-15(9-7-14)13-11-5-3-2-4-10(11)12/h2-5,13H,6-9,12H2,1H3. The molecule has 1 heterocycles. The second-order valence-electron chi connectivity index (χ2n) is 3.99. The minimum atomic E-state index is 0.802. The lowest BCUT2D eigenvalue weighted by atomic mass is 10.3. The Hall–Kier alpha value is -1.26. The van der Waals surface area contributed by atoms with Crippen LogP contribution in [0.15, 0.2) is 24.3 Å². The summed E-state index contributed by atoms with van der Waals surface area (Å²) >= 11 is 0. The van der Waals surface area contributed by atoms with E-state index in [-0.39, 0.29) is 0 Å². The number of para-hydroxylation sites is 2. The molecule has 1 aromatic carbocycles. The topological polar surface area (TPSA) is 44.5 Å². The molecule has 3 N–H and O–H groups in total. The fourth-order valence-corrected chi connectivity index (χ4v) is 1.69. The van der Waals surface area contributed by atoms with E-state index in [9.17, 15) is 0 Å². The van der Waals surface area contributed by atoms with Gasteiger partial charge in [-0.2, -0.15) is 0 Å². The fraction of sp³-hybridized carbons (Fsp3) is 0.455. The molecule has 2 rings (SSSR count). The summed E-state index contributed by atoms with van der Waals surface area (Å²) in [4.78, 5) is 2.33. The van der Waals surface area contributed by atoms with Crippen molar-refractivity contribution in [3.8, 4) is 0 Å². The molecule has 0 radical (unpaired) electrons. The van der Waals surface area contributed by atoms with Gasteiger partial charge in [-0.3, -0.25) is 0 Å². The second kappa shape index (κ2) is 4.51. The number of hydrazine groups is 1. The smallest absolute Gasteiger partial charge is 0.0719 e. The van der Waals surface area contributed by atoms with E-state index in [0.29, 0.717) is 0 Å². The van der Waals surface area contributed by atoms with Crippen molar-refractivity contribution in [1.82, 2.24) is 9.91 Å². The summed E-state index contributed by atoms with van der Waals surface area (Å²) in [5.74, 6) is 0. The van der Waals surface area contributed by atoms with E-state index in [1.54, 1.807) is 0 Å². The number of piperazine rings is 1. The number of nitrogen functional groups attached to an aromatic ring is 1. The zero-order valence-corrected chi connectivity index (χ0v) is 9.11. The van der Waals surface area contributed by atoms with Gasteiger partial charge in [-0.15, -0.1) is 0 Å². The summed E-state index contributed by atoms with van der Waals surface area (Å²) in [6, 6.07) is 7.87. The van der Waals surface area contributed by atoms with Crippen LogP contribution in [0.5, 0.6) is 0 Å². The van der Waals surface area contributed by atoms with Crippen molar-refractivity contribution in [3.05, 3.63) is 24.3 Å². The molecule has 15 heavy (non-hydrogen) atoms. The van der Waals surface area contributed by atoms with Crippen molar-refractivity contribution in [2.45, 2.75) is 0 Å². The zero-order chi connectivity index (χ0) is 10.7. The van der Waals surface area contributed by atoms with E-state index < -0.39 is 0 Å². The normalized spacial score (nSPS) is 19.0. The molecule has 0 bridgehead atoms. The summed E-state index contributed by atoms with van der Waals surface area (Å²) in [6.45, 7) is 4.26. The summed E-state index contributed by atoms with van der Waals surface area (Å²) < 4.78 is 0. The van der Waals surface area contributed by atoms with Gasteiger partial charge in [0.25, 0.3) is 0 Å². The van der Waals surface area contributed by atoms with Crippen LogP contribution in [0.2, 0.25) is 0 Å². The van der Waals surface area contributed by atoms with Crippen molar-refractivity contribution in [3.63, 3.8) is 0 Å². The first kappa shape index (κ1) is 10.3. The lowest BCUT2D eigenvalue weighted by molar-refractivity contribution is 0.179. The monoisotopic (exact) mass is 206 g/mol. The number of rotatable bonds is 2. The molecule has 1 aliphatic rings. The molecule has 0 atom stereocenters. The molecule has 1 fully saturated rings. The van der Waals surface area contributed by atoms with E-state index in [2.05, 4.69) is 22.4 Å². The molecular formula is C11H18N4. The van der Waals surface area contributed by atoms with Gasteiger partial charge in [0.05, 0.1) is 11.4 Å². The Labute approximate surface area is 90.6 Å². The number of nitrogens with one attached hydrogen (secondary N) is 1. The third kappa shape index (κ3) is 2.61. The first-order chi connectivity index (χ1) is 7.25. The minimum absolute atomic E-state index is 0.802. The average molecular weight is 206 g/mol. The molecule has 0 amide bonds. The Morgan fingerprint density at radius 2 is 1.80 bits per heavy atom. The van der Waals surface area contributed by atoms with E-state index in [4.69, 9.17) is 5.73 Å². The van der Waals surface area contributed by atoms with Crippen molar-refractivity contribution in [2.24, 2.45) is 0 Å². The van der Waals surface area contributed by atoms with Gasteiger partial charge >= 0.3 is 0 Å². The number of likely N-dealkylation sites (N-methyl/N-ethyl adjacent to an activating group) is 1. The molecule has 0 unspecified atom stereocenters. The van der Waals surface area contributed by atoms with E-state index in [1.807, 2.05) is 24.3 Å². The van der Waals surface area contributed by atoms with Gasteiger partial charge in [0.15, 0.2) is 0 Å². The van der Waals surface area contributed by atoms with Crippen LogP contribution in [0.4, 0.5) is 11.4 Å². The lowest BCUT2D eigenvalue weighted by Gasteiger charge is -2.33. The van der Waals surface area contributed by atoms with E-state index in [0.717, 1.165) is 37.6 Å². The van der Waals surface area contributed by atoms with Crippen LogP contribution in [0.1, 0.15) is 0 Å². The van der Waals surface area contributed by atoms with Crippen LogP contribution < -0.4 is 11.2 Å². The van der Waals surface area contributed by atoms with E-state index >= 15 is 0 Å². The molecule has 1 aromatic rings. The number of nitrogens with zero attached hydrogens (tertiary/aromatic N) is 2. The van der Waals surface area contributed by atoms with Crippen molar-refractivity contribution in [1.29, 1.82) is 0 Å². The Morgan fingerprint density at radius 1 is 1.13 bits per heavy atom. The molecule has 82 valence electrons. The van der Waals surface area contributed by atoms with Crippen LogP contribution in [0.3, 0.4) is 0 Å². The number of anilines is 2. The number of hydrogen-bond donors (Lipinski definition) is 2. The maximum atomic E-state index is 5.87. The summed E-state index contributed by atoms with van der Waals surface area (Å²) in [7, 11) is 2.15. The molecule has 0 saturated carbocycles. The van der Waals surface area contributed by atoms with Crippen molar-refractivity contribution in [2.75, 3.05) is 44.4 Å². The van der Waals surface area contributed by atoms with Crippen LogP contribution >= 0.6 is 0 Å². The third-order valence-corrected chi connectivity index (χ3v) is 2.74. The van der Waals surface area contributed by atoms with Crippen molar-refractivity contribution < 1.29 is 0 Å². The fourth-order valence-electron chi connectivity index (χ4n) is 1.69. The van der Waals surface area contributed by atoms with Crippen LogP contribution in [-0.4, -0.2) is 43.1 Å². The molecule has 0 aromatic heterocycles. The molecule has 0 aliphatic carbocycles. The van der Waals surface area contributed by atoms with Crippen molar-refractivity contribution >= 4 is 11.4 Å². The predicted molar refractivity (Wildman–Crippen MR) is 63.5 cm³/mol. The highest BCUT2D eigenvalue weighted by molar-refractivity contribution is 5.65. The quantitative estimate of drug-likeness (QED) is 0.704. The van der Waals surface area contributed by atoms with Crippen LogP contribution in [0.25, 0.3) is 0 Å². The molecule has 1 saturated heterocycles. The predicted octanol–water partition coefficient (Wildman–Crippen LogP) is 0.843. The summed E-state index contributed by atoms with van der Waals surface area (Å²) in [5, 5.41) is 2.21. The zero-order valence-electron chi connectivity index (χ0n) is 9.11. The SMILES string of the molecule is CN1CCN(Nc2ccccc2N)CC1. The molecule has 1 aliphatic heterocycles. The molecular weight excluding hydrogens is 188 g/mol. The Bertz CT molecular complexity index is 318. The lowest BCUT2D eigenvalue weighted by Crippen LogP contribution is -2.47. The highest BCUT2D eigenvalue weighted by atomic mass is 15.5. The number of hydrogen-bond acceptors (Lipinski definition) is 4. The van der Waals surface area contributed by atoms with Crippen LogP contribution in [-0.2, 0) is 0 Å². The molecule has 4 heteroatoms. The van der Waals surface area contributed by atoms with Gasteiger partial charge in [-0.25, -0.2) is 5.01 Å². The number of benzene rings is 1. The molecule has 4 nitrogen and oxygen atoms in total. The first-order valence-corrected chi connectivity index (χ1v) is 5.30. The highest BCUT2D eigenvalue weighted by Gasteiger charge is 2.13. The van der Waals surface area contributed by atoms with Gasteiger partial charge in [0.1, 0.15) is 0 Å². The third-order valence-electron chi connectivity index (χ3n) is 2.74. The van der Waals surface area contributed by atoms with Crippen LogP contribution in [0, 0.1) is 0 Å². The Kier molecular flexibility index (Phi) is 3.08. The minimum Gasteiger partial charge on any atom is -0.397 e.